The van der Waals surface area contributed by atoms with Crippen LogP contribution in [-0.2, 0) is 42.9 Å². The smallest absolute Gasteiger partial charge is 0.329 e. The van der Waals surface area contributed by atoms with Crippen LogP contribution in [0.3, 0.4) is 0 Å². The van der Waals surface area contributed by atoms with Gasteiger partial charge in [0.15, 0.2) is 5.78 Å². The molecule has 3 fully saturated rings. The van der Waals surface area contributed by atoms with Crippen molar-refractivity contribution in [1.82, 2.24) is 4.90 Å². The zero-order valence-electron chi connectivity index (χ0n) is 39.6. The Morgan fingerprint density at radius 3 is 2.23 bits per heavy atom. The highest BCUT2D eigenvalue weighted by Gasteiger charge is 2.53. The number of allylic oxidation sites excluding steroid dienone is 6. The van der Waals surface area contributed by atoms with Gasteiger partial charge in [0.1, 0.15) is 30.1 Å². The molecule has 15 atom stereocenters. The van der Waals surface area contributed by atoms with Gasteiger partial charge in [0.2, 0.25) is 5.79 Å². The Morgan fingerprint density at radius 2 is 1.56 bits per heavy atom. The number of amides is 1. The van der Waals surface area contributed by atoms with Crippen LogP contribution >= 0.6 is 0 Å². The number of hydrogen-bond acceptors (Lipinski definition) is 13. The number of nitrogens with zero attached hydrogens (tertiary/aromatic N) is 1. The minimum Gasteiger partial charge on any atom is -0.460 e. The Kier molecular flexibility index (Phi) is 20.3. The number of fused-ring (bicyclic) bond motifs is 3. The second kappa shape index (κ2) is 24.4. The van der Waals surface area contributed by atoms with Crippen LogP contribution in [-0.4, -0.2) is 130 Å². The van der Waals surface area contributed by atoms with Crippen LogP contribution < -0.4 is 0 Å². The lowest BCUT2D eigenvalue weighted by atomic mass is 9.78. The van der Waals surface area contributed by atoms with E-state index in [-0.39, 0.29) is 42.8 Å². The molecular weight excluding hydrogens is 823 g/mol. The zero-order valence-corrected chi connectivity index (χ0v) is 39.6. The van der Waals surface area contributed by atoms with E-state index in [9.17, 15) is 44.4 Å². The highest BCUT2D eigenvalue weighted by molar-refractivity contribution is 6.39. The number of carbonyl (C=O) groups excluding carboxylic acids is 5. The fraction of sp³-hybridized carbons (Fsp3) is 0.740. The Balaban J connectivity index is 1.70. The van der Waals surface area contributed by atoms with Crippen molar-refractivity contribution in [3.8, 4) is 0 Å². The fourth-order valence-corrected chi connectivity index (χ4v) is 9.88. The van der Waals surface area contributed by atoms with Crippen LogP contribution in [0.5, 0.6) is 0 Å². The number of hydrogen-bond donors (Lipinski definition) is 4. The van der Waals surface area contributed by atoms with E-state index in [2.05, 4.69) is 0 Å². The molecule has 0 spiro atoms. The largest absolute Gasteiger partial charge is 0.460 e. The van der Waals surface area contributed by atoms with Crippen LogP contribution in [0.15, 0.2) is 47.6 Å². The average Bonchev–Trinajstić information content (AvgIpc) is 3.26. The van der Waals surface area contributed by atoms with Gasteiger partial charge in [0.05, 0.1) is 24.4 Å². The average molecular weight is 900 g/mol. The summed E-state index contributed by atoms with van der Waals surface area (Å²) in [6.07, 6.45) is 9.61. The molecule has 2 saturated heterocycles. The normalized spacial score (nSPS) is 40.9. The summed E-state index contributed by atoms with van der Waals surface area (Å²) in [6, 6.07) is -1.16. The summed E-state index contributed by atoms with van der Waals surface area (Å²) in [5, 5.41) is 43.9. The van der Waals surface area contributed by atoms with Gasteiger partial charge in [0.25, 0.3) is 11.7 Å². The van der Waals surface area contributed by atoms with Crippen molar-refractivity contribution in [2.75, 3.05) is 20.8 Å². The van der Waals surface area contributed by atoms with Crippen molar-refractivity contribution >= 4 is 29.2 Å². The number of methoxy groups -OCH3 is 2. The summed E-state index contributed by atoms with van der Waals surface area (Å²) in [5.41, 5.74) is 1.24. The van der Waals surface area contributed by atoms with Gasteiger partial charge in [-0.1, -0.05) is 71.1 Å². The van der Waals surface area contributed by atoms with Gasteiger partial charge in [-0.15, -0.1) is 0 Å². The lowest BCUT2D eigenvalue weighted by Gasteiger charge is -2.42. The first-order valence-electron chi connectivity index (χ1n) is 23.5. The third-order valence-corrected chi connectivity index (χ3v) is 14.2. The fourth-order valence-electron chi connectivity index (χ4n) is 9.88. The van der Waals surface area contributed by atoms with Gasteiger partial charge >= 0.3 is 5.97 Å². The van der Waals surface area contributed by atoms with E-state index in [1.807, 2.05) is 51.2 Å². The molecule has 1 aliphatic carbocycles. The molecule has 0 aromatic carbocycles. The number of aliphatic hydroxyl groups is 4. The molecule has 4 N–H and O–H groups in total. The number of ether oxygens (including phenoxy) is 4. The summed E-state index contributed by atoms with van der Waals surface area (Å²) < 4.78 is 23.7. The maximum absolute atomic E-state index is 14.3. The van der Waals surface area contributed by atoms with Gasteiger partial charge in [0, 0.05) is 51.4 Å². The molecule has 64 heavy (non-hydrogen) atoms. The Morgan fingerprint density at radius 1 is 0.844 bits per heavy atom. The van der Waals surface area contributed by atoms with E-state index in [4.69, 9.17) is 18.9 Å². The molecule has 1 amide bonds. The summed E-state index contributed by atoms with van der Waals surface area (Å²) in [6.45, 7) is 12.6. The van der Waals surface area contributed by atoms with Crippen molar-refractivity contribution < 1.29 is 63.3 Å². The number of Topliss-reactive ketones (excluding diaryl/α,β-unsaturated/α-hetero) is 3. The molecule has 14 heteroatoms. The van der Waals surface area contributed by atoms with Crippen molar-refractivity contribution in [2.24, 2.45) is 35.5 Å². The molecule has 3 aliphatic heterocycles. The van der Waals surface area contributed by atoms with Gasteiger partial charge in [-0.25, -0.2) is 4.79 Å². The third-order valence-electron chi connectivity index (χ3n) is 14.2. The molecule has 4 rings (SSSR count). The maximum atomic E-state index is 14.3. The third kappa shape index (κ3) is 13.8. The van der Waals surface area contributed by atoms with Crippen molar-refractivity contribution in [3.05, 3.63) is 47.6 Å². The number of cyclic esters (lactones) is 1. The van der Waals surface area contributed by atoms with E-state index in [1.165, 1.54) is 12.0 Å². The van der Waals surface area contributed by atoms with Gasteiger partial charge in [-0.05, 0) is 107 Å². The second-order valence-corrected chi connectivity index (χ2v) is 19.4. The number of aliphatic hydroxyl groups excluding tert-OH is 3. The monoisotopic (exact) mass is 900 g/mol. The molecule has 360 valence electrons. The molecule has 14 nitrogen and oxygen atoms in total. The Bertz CT molecular complexity index is 1740. The molecule has 2 bridgehead atoms. The number of rotatable bonds is 5. The van der Waals surface area contributed by atoms with Crippen molar-refractivity contribution in [2.45, 2.75) is 180 Å². The first-order chi connectivity index (χ1) is 30.2. The molecule has 1 saturated carbocycles. The van der Waals surface area contributed by atoms with E-state index < -0.39 is 95.9 Å². The summed E-state index contributed by atoms with van der Waals surface area (Å²) in [7, 11) is 2.94. The van der Waals surface area contributed by atoms with E-state index in [1.54, 1.807) is 40.9 Å². The van der Waals surface area contributed by atoms with Gasteiger partial charge in [-0.3, -0.25) is 19.2 Å². The SMILES string of the molecule is CO[C@H]1C[C@@H]2CC[C@@H](C)[C@@](O)(O2)C(=O)C(=O)N2CCCC[C@H]2C(=O)O[C@H]([C@H](C)C[C@@H]2CC[C@@H](O)[C@H](O)C2)CC(=O)[C@H](C)/C=C(/C)[C@@H](O)[C@@H](OC)C(=O)[C@H](C)C[C@H](C)\C=C/C=C\C=C/1C. The lowest BCUT2D eigenvalue weighted by Crippen LogP contribution is -2.61. The predicted octanol–water partition coefficient (Wildman–Crippen LogP) is 5.53. The van der Waals surface area contributed by atoms with E-state index >= 15 is 0 Å². The number of carbonyl (C=O) groups is 5. The van der Waals surface area contributed by atoms with Crippen LogP contribution in [0.2, 0.25) is 0 Å². The maximum Gasteiger partial charge on any atom is 0.329 e. The molecule has 0 unspecified atom stereocenters. The van der Waals surface area contributed by atoms with Crippen LogP contribution in [0.25, 0.3) is 0 Å². The van der Waals surface area contributed by atoms with Gasteiger partial charge < -0.3 is 44.3 Å². The Labute approximate surface area is 380 Å². The first-order valence-corrected chi connectivity index (χ1v) is 23.5. The molecule has 0 aromatic rings. The number of piperidine rings is 1. The first kappa shape index (κ1) is 53.2. The highest BCUT2D eigenvalue weighted by atomic mass is 16.6. The minimum absolute atomic E-state index is 0.0134. The van der Waals surface area contributed by atoms with Crippen molar-refractivity contribution in [1.29, 1.82) is 0 Å². The van der Waals surface area contributed by atoms with Crippen molar-refractivity contribution in [3.63, 3.8) is 0 Å². The number of esters is 1. The second-order valence-electron chi connectivity index (χ2n) is 19.4. The summed E-state index contributed by atoms with van der Waals surface area (Å²) in [4.78, 5) is 71.5. The van der Waals surface area contributed by atoms with E-state index in [0.717, 1.165) is 5.57 Å². The molecule has 0 aromatic heterocycles. The molecule has 4 aliphatic rings. The highest BCUT2D eigenvalue weighted by Crippen LogP contribution is 2.37. The van der Waals surface area contributed by atoms with Crippen LogP contribution in [0.4, 0.5) is 0 Å². The predicted molar refractivity (Wildman–Crippen MR) is 240 cm³/mol. The standard InChI is InChI=1S/C50H77NO13/c1-29-15-11-10-12-16-30(2)42(61-8)27-37-20-18-35(7)50(60,64-37)47(57)48(58)51-22-14-13-17-38(51)49(59)63-43(32(4)25-36-19-21-39(52)41(54)26-36)28-40(53)31(3)24-34(6)45(56)46(62-9)44(55)33(5)23-29/h10-12,15-16,24,29,31-33,35-39,41-43,45-46,52,54,56,60H,13-14,17-23,25-28H2,1-9H3/b12-10-,15-11-,30-16-,34-24-/t29-,31-,32-,33-,35-,36+,37+,38+,39-,41-,42+,43+,45-,46+,50-/m1/s1. The molecule has 0 radical (unpaired) electrons. The van der Waals surface area contributed by atoms with Gasteiger partial charge in [-0.2, -0.15) is 0 Å². The topological polar surface area (TPSA) is 206 Å². The zero-order chi connectivity index (χ0) is 47.5. The quantitative estimate of drug-likeness (QED) is 0.153. The number of ketones is 3. The minimum atomic E-state index is -2.44. The Hall–Kier alpha value is -3.37. The van der Waals surface area contributed by atoms with E-state index in [0.29, 0.717) is 69.8 Å². The molecule has 3 heterocycles. The van der Waals surface area contributed by atoms with Crippen LogP contribution in [0.1, 0.15) is 126 Å². The summed E-state index contributed by atoms with van der Waals surface area (Å²) in [5.74, 6) is -8.29. The summed E-state index contributed by atoms with van der Waals surface area (Å²) >= 11 is 0. The van der Waals surface area contributed by atoms with Crippen LogP contribution in [0, 0.1) is 35.5 Å². The lowest BCUT2D eigenvalue weighted by molar-refractivity contribution is -0.265. The molecular formula is C50H77NO13.